The minimum Gasteiger partial charge on any atom is -0.396 e. The van der Waals surface area contributed by atoms with E-state index >= 15 is 0 Å². The van der Waals surface area contributed by atoms with Gasteiger partial charge in [0.25, 0.3) is 0 Å². The molecule has 0 atom stereocenters. The fourth-order valence-corrected chi connectivity index (χ4v) is 4.73. The number of hydrogen-bond donors (Lipinski definition) is 2. The molecule has 1 heterocycles. The van der Waals surface area contributed by atoms with Crippen molar-refractivity contribution < 1.29 is 12.8 Å². The molecule has 0 amide bonds. The van der Waals surface area contributed by atoms with E-state index in [1.165, 1.54) is 6.07 Å². The fourth-order valence-electron chi connectivity index (χ4n) is 2.06. The van der Waals surface area contributed by atoms with Gasteiger partial charge in [-0.05, 0) is 49.0 Å². The first-order valence-electron chi connectivity index (χ1n) is 6.06. The van der Waals surface area contributed by atoms with Crippen molar-refractivity contribution in [1.29, 1.82) is 0 Å². The third-order valence-electron chi connectivity index (χ3n) is 3.13. The first kappa shape index (κ1) is 14.6. The van der Waals surface area contributed by atoms with Crippen LogP contribution in [0.2, 0.25) is 0 Å². The summed E-state index contributed by atoms with van der Waals surface area (Å²) >= 11 is 1.82. The topological polar surface area (TPSA) is 72.2 Å². The monoisotopic (exact) mass is 304 g/mol. The Labute approximate surface area is 117 Å². The van der Waals surface area contributed by atoms with Crippen LogP contribution in [0.4, 0.5) is 10.1 Å². The van der Waals surface area contributed by atoms with Crippen molar-refractivity contribution in [3.63, 3.8) is 0 Å². The van der Waals surface area contributed by atoms with Gasteiger partial charge in [0.15, 0.2) is 0 Å². The van der Waals surface area contributed by atoms with Crippen molar-refractivity contribution in [2.45, 2.75) is 30.7 Å². The van der Waals surface area contributed by atoms with Gasteiger partial charge in [-0.2, -0.15) is 11.8 Å². The Hall–Kier alpha value is -0.790. The second kappa shape index (κ2) is 5.68. The van der Waals surface area contributed by atoms with Gasteiger partial charge in [-0.25, -0.2) is 17.5 Å². The molecule has 3 N–H and O–H groups in total. The van der Waals surface area contributed by atoms with Crippen LogP contribution in [0.1, 0.15) is 18.4 Å². The van der Waals surface area contributed by atoms with Crippen LogP contribution in [0.15, 0.2) is 17.0 Å². The Morgan fingerprint density at radius 2 is 2.00 bits per heavy atom. The van der Waals surface area contributed by atoms with Gasteiger partial charge in [0.2, 0.25) is 10.0 Å². The smallest absolute Gasteiger partial charge is 0.241 e. The molecule has 0 radical (unpaired) electrons. The number of rotatable bonds is 3. The maximum absolute atomic E-state index is 13.3. The highest BCUT2D eigenvalue weighted by Crippen LogP contribution is 2.23. The fraction of sp³-hybridized carbons (Fsp3) is 0.500. The molecule has 2 rings (SSSR count). The molecule has 1 aromatic carbocycles. The van der Waals surface area contributed by atoms with Gasteiger partial charge in [-0.15, -0.1) is 0 Å². The summed E-state index contributed by atoms with van der Waals surface area (Å²) in [5.74, 6) is 1.32. The zero-order chi connectivity index (χ0) is 14.0. The van der Waals surface area contributed by atoms with Crippen LogP contribution in [0.25, 0.3) is 0 Å². The average molecular weight is 304 g/mol. The summed E-state index contributed by atoms with van der Waals surface area (Å²) in [4.78, 5) is 0.0598. The standard InChI is InChI=1S/C12H17FN2O2S2/c1-8-6-10(13)11(14)7-12(8)19(16,17)15-9-2-4-18-5-3-9/h6-7,9,15H,2-5,14H2,1H3. The van der Waals surface area contributed by atoms with Crippen molar-refractivity contribution in [3.8, 4) is 0 Å². The first-order valence-corrected chi connectivity index (χ1v) is 8.69. The minimum absolute atomic E-state index is 0.0445. The highest BCUT2D eigenvalue weighted by atomic mass is 32.2. The highest BCUT2D eigenvalue weighted by Gasteiger charge is 2.24. The molecule has 0 saturated carbocycles. The minimum atomic E-state index is -3.64. The number of aryl methyl sites for hydroxylation is 1. The lowest BCUT2D eigenvalue weighted by Gasteiger charge is -2.23. The number of anilines is 1. The summed E-state index contributed by atoms with van der Waals surface area (Å²) in [5, 5.41) is 0. The summed E-state index contributed by atoms with van der Waals surface area (Å²) < 4.78 is 40.5. The van der Waals surface area contributed by atoms with Crippen molar-refractivity contribution in [2.24, 2.45) is 0 Å². The SMILES string of the molecule is Cc1cc(F)c(N)cc1S(=O)(=O)NC1CCSCC1. The van der Waals surface area contributed by atoms with Crippen LogP contribution >= 0.6 is 11.8 Å². The zero-order valence-electron chi connectivity index (χ0n) is 10.6. The van der Waals surface area contributed by atoms with Gasteiger partial charge in [0, 0.05) is 6.04 Å². The van der Waals surface area contributed by atoms with Gasteiger partial charge in [0.1, 0.15) is 5.82 Å². The van der Waals surface area contributed by atoms with E-state index in [9.17, 15) is 12.8 Å². The van der Waals surface area contributed by atoms with Crippen molar-refractivity contribution in [2.75, 3.05) is 17.2 Å². The third kappa shape index (κ3) is 3.40. The van der Waals surface area contributed by atoms with Crippen molar-refractivity contribution >= 4 is 27.5 Å². The van der Waals surface area contributed by atoms with E-state index in [-0.39, 0.29) is 16.6 Å². The quantitative estimate of drug-likeness (QED) is 0.837. The Morgan fingerprint density at radius 1 is 1.37 bits per heavy atom. The Kier molecular flexibility index (Phi) is 4.37. The van der Waals surface area contributed by atoms with Crippen LogP contribution in [0.3, 0.4) is 0 Å². The van der Waals surface area contributed by atoms with E-state index < -0.39 is 15.8 Å². The number of nitrogen functional groups attached to an aromatic ring is 1. The van der Waals surface area contributed by atoms with Gasteiger partial charge in [-0.1, -0.05) is 0 Å². The van der Waals surface area contributed by atoms with Gasteiger partial charge >= 0.3 is 0 Å². The van der Waals surface area contributed by atoms with Crippen LogP contribution < -0.4 is 10.5 Å². The van der Waals surface area contributed by atoms with E-state index in [4.69, 9.17) is 5.73 Å². The number of benzene rings is 1. The molecule has 0 spiro atoms. The Balaban J connectivity index is 2.26. The molecule has 0 bridgehead atoms. The molecule has 106 valence electrons. The molecule has 7 heteroatoms. The van der Waals surface area contributed by atoms with E-state index in [2.05, 4.69) is 4.72 Å². The maximum Gasteiger partial charge on any atom is 0.241 e. The molecule has 1 aliphatic heterocycles. The van der Waals surface area contributed by atoms with Crippen molar-refractivity contribution in [1.82, 2.24) is 4.72 Å². The molecule has 0 unspecified atom stereocenters. The molecule has 19 heavy (non-hydrogen) atoms. The maximum atomic E-state index is 13.3. The lowest BCUT2D eigenvalue weighted by Crippen LogP contribution is -2.37. The Morgan fingerprint density at radius 3 is 2.63 bits per heavy atom. The van der Waals surface area contributed by atoms with Crippen molar-refractivity contribution in [3.05, 3.63) is 23.5 Å². The number of sulfonamides is 1. The summed E-state index contributed by atoms with van der Waals surface area (Å²) in [6.45, 7) is 1.56. The predicted octanol–water partition coefficient (Wildman–Crippen LogP) is 1.89. The van der Waals surface area contributed by atoms with E-state index in [0.717, 1.165) is 30.4 Å². The summed E-state index contributed by atoms with van der Waals surface area (Å²) in [7, 11) is -3.64. The number of thioether (sulfide) groups is 1. The van der Waals surface area contributed by atoms with Crippen LogP contribution in [-0.2, 0) is 10.0 Å². The number of hydrogen-bond acceptors (Lipinski definition) is 4. The van der Waals surface area contributed by atoms with Crippen LogP contribution in [-0.4, -0.2) is 26.0 Å². The molecule has 1 saturated heterocycles. The summed E-state index contributed by atoms with van der Waals surface area (Å²) in [5.41, 5.74) is 5.67. The highest BCUT2D eigenvalue weighted by molar-refractivity contribution is 7.99. The summed E-state index contributed by atoms with van der Waals surface area (Å²) in [6, 6.07) is 2.29. The lowest BCUT2D eigenvalue weighted by atomic mass is 10.2. The predicted molar refractivity (Wildman–Crippen MR) is 76.2 cm³/mol. The Bertz CT molecular complexity index is 569. The van der Waals surface area contributed by atoms with Gasteiger partial charge < -0.3 is 5.73 Å². The van der Waals surface area contributed by atoms with Crippen LogP contribution in [0.5, 0.6) is 0 Å². The second-order valence-electron chi connectivity index (χ2n) is 4.65. The van der Waals surface area contributed by atoms with E-state index in [0.29, 0.717) is 5.56 Å². The molecule has 0 aliphatic carbocycles. The molecule has 0 aromatic heterocycles. The number of nitrogens with two attached hydrogens (primary N) is 1. The summed E-state index contributed by atoms with van der Waals surface area (Å²) in [6.07, 6.45) is 1.64. The normalized spacial score (nSPS) is 17.6. The zero-order valence-corrected chi connectivity index (χ0v) is 12.3. The molecule has 4 nitrogen and oxygen atoms in total. The number of halogens is 1. The largest absolute Gasteiger partial charge is 0.396 e. The molecule has 1 aliphatic rings. The number of nitrogens with one attached hydrogen (secondary N) is 1. The lowest BCUT2D eigenvalue weighted by molar-refractivity contribution is 0.528. The van der Waals surface area contributed by atoms with E-state index in [1.807, 2.05) is 11.8 Å². The average Bonchev–Trinajstić information content (AvgIpc) is 2.34. The molecular weight excluding hydrogens is 287 g/mol. The van der Waals surface area contributed by atoms with Crippen LogP contribution in [0, 0.1) is 12.7 Å². The molecular formula is C12H17FN2O2S2. The van der Waals surface area contributed by atoms with E-state index in [1.54, 1.807) is 6.92 Å². The molecule has 1 aromatic rings. The second-order valence-corrected chi connectivity index (χ2v) is 7.55. The van der Waals surface area contributed by atoms with Gasteiger partial charge in [-0.3, -0.25) is 0 Å². The third-order valence-corrected chi connectivity index (χ3v) is 5.84. The van der Waals surface area contributed by atoms with Gasteiger partial charge in [0.05, 0.1) is 10.6 Å². The molecule has 1 fully saturated rings. The first-order chi connectivity index (χ1) is 8.90.